The Kier molecular flexibility index (Phi) is 3.43. The van der Waals surface area contributed by atoms with E-state index in [0.29, 0.717) is 5.69 Å². The number of benzene rings is 1. The lowest BCUT2D eigenvalue weighted by Crippen LogP contribution is -2.31. The lowest BCUT2D eigenvalue weighted by molar-refractivity contribution is 0.559. The Labute approximate surface area is 126 Å². The van der Waals surface area contributed by atoms with Crippen LogP contribution >= 0.6 is 15.9 Å². The number of hydrogen-bond donors (Lipinski definition) is 2. The van der Waals surface area contributed by atoms with Crippen LogP contribution in [0.3, 0.4) is 0 Å². The van der Waals surface area contributed by atoms with Crippen LogP contribution in [0, 0.1) is 6.92 Å². The largest absolute Gasteiger partial charge is 0.281 e. The molecular formula is C13H14BrN3O2S. The van der Waals surface area contributed by atoms with Crippen LogP contribution in [0.25, 0.3) is 0 Å². The van der Waals surface area contributed by atoms with Crippen LogP contribution in [-0.2, 0) is 16.4 Å². The summed E-state index contributed by atoms with van der Waals surface area (Å²) in [5.41, 5.74) is 2.74. The van der Waals surface area contributed by atoms with Gasteiger partial charge >= 0.3 is 0 Å². The molecule has 5 nitrogen and oxygen atoms in total. The first-order chi connectivity index (χ1) is 9.49. The van der Waals surface area contributed by atoms with Gasteiger partial charge in [-0.25, -0.2) is 13.1 Å². The molecule has 0 radical (unpaired) electrons. The van der Waals surface area contributed by atoms with E-state index in [2.05, 4.69) is 30.8 Å². The predicted molar refractivity (Wildman–Crippen MR) is 79.2 cm³/mol. The number of nitrogens with zero attached hydrogens (tertiary/aromatic N) is 1. The van der Waals surface area contributed by atoms with Crippen molar-refractivity contribution in [3.05, 3.63) is 47.3 Å². The molecule has 0 saturated heterocycles. The molecule has 0 saturated carbocycles. The fourth-order valence-electron chi connectivity index (χ4n) is 2.52. The van der Waals surface area contributed by atoms with Gasteiger partial charge in [-0.3, -0.25) is 5.10 Å². The molecule has 2 atom stereocenters. The molecule has 1 aromatic heterocycles. The molecule has 7 heteroatoms. The summed E-state index contributed by atoms with van der Waals surface area (Å²) in [6.07, 6.45) is 2.15. The summed E-state index contributed by atoms with van der Waals surface area (Å²) in [5, 5.41) is 6.42. The maximum atomic E-state index is 12.4. The number of sulfonamides is 1. The van der Waals surface area contributed by atoms with Gasteiger partial charge in [-0.1, -0.05) is 40.2 Å². The van der Waals surface area contributed by atoms with Crippen molar-refractivity contribution in [1.29, 1.82) is 0 Å². The second-order valence-electron chi connectivity index (χ2n) is 4.88. The van der Waals surface area contributed by atoms with Crippen LogP contribution in [0.4, 0.5) is 0 Å². The number of fused-ring (bicyclic) bond motifs is 1. The molecule has 1 aliphatic carbocycles. The average molecular weight is 356 g/mol. The maximum Gasteiger partial charge on any atom is 0.244 e. The van der Waals surface area contributed by atoms with Gasteiger partial charge in [0.05, 0.1) is 17.9 Å². The quantitative estimate of drug-likeness (QED) is 0.827. The number of hydrogen-bond acceptors (Lipinski definition) is 3. The first-order valence-electron chi connectivity index (χ1n) is 6.23. The number of H-pyrrole nitrogens is 1. The van der Waals surface area contributed by atoms with Gasteiger partial charge in [0.25, 0.3) is 0 Å². The zero-order valence-corrected chi connectivity index (χ0v) is 13.2. The molecule has 0 spiro atoms. The Balaban J connectivity index is 1.94. The van der Waals surface area contributed by atoms with Gasteiger partial charge in [-0.05, 0) is 24.5 Å². The van der Waals surface area contributed by atoms with Gasteiger partial charge in [-0.15, -0.1) is 0 Å². The third kappa shape index (κ3) is 2.30. The minimum absolute atomic E-state index is 0.0573. The van der Waals surface area contributed by atoms with Crippen molar-refractivity contribution in [3.63, 3.8) is 0 Å². The van der Waals surface area contributed by atoms with Crippen molar-refractivity contribution >= 4 is 26.0 Å². The topological polar surface area (TPSA) is 74.8 Å². The van der Waals surface area contributed by atoms with Crippen molar-refractivity contribution in [2.75, 3.05) is 0 Å². The summed E-state index contributed by atoms with van der Waals surface area (Å²) in [6.45, 7) is 1.69. The van der Waals surface area contributed by atoms with E-state index in [1.165, 1.54) is 11.8 Å². The summed E-state index contributed by atoms with van der Waals surface area (Å²) >= 11 is 3.57. The van der Waals surface area contributed by atoms with Gasteiger partial charge in [0.15, 0.2) is 0 Å². The molecule has 0 bridgehead atoms. The van der Waals surface area contributed by atoms with Crippen molar-refractivity contribution in [1.82, 2.24) is 14.9 Å². The van der Waals surface area contributed by atoms with E-state index in [1.54, 1.807) is 6.92 Å². The summed E-state index contributed by atoms with van der Waals surface area (Å²) in [4.78, 5) is 0.253. The molecule has 1 heterocycles. The van der Waals surface area contributed by atoms with Crippen LogP contribution < -0.4 is 4.72 Å². The van der Waals surface area contributed by atoms with Crippen LogP contribution in [0.15, 0.2) is 35.4 Å². The molecular weight excluding hydrogens is 342 g/mol. The third-order valence-corrected chi connectivity index (χ3v) is 5.93. The fourth-order valence-corrected chi connectivity index (χ4v) is 4.86. The van der Waals surface area contributed by atoms with E-state index in [1.807, 2.05) is 24.3 Å². The van der Waals surface area contributed by atoms with Gasteiger partial charge in [0, 0.05) is 4.83 Å². The second-order valence-corrected chi connectivity index (χ2v) is 7.74. The molecule has 20 heavy (non-hydrogen) atoms. The van der Waals surface area contributed by atoms with E-state index in [0.717, 1.165) is 12.0 Å². The van der Waals surface area contributed by atoms with Gasteiger partial charge in [0.1, 0.15) is 4.90 Å². The maximum absolute atomic E-state index is 12.4. The Morgan fingerprint density at radius 3 is 2.85 bits per heavy atom. The van der Waals surface area contributed by atoms with Crippen molar-refractivity contribution < 1.29 is 8.42 Å². The Bertz CT molecular complexity index is 742. The zero-order valence-electron chi connectivity index (χ0n) is 10.8. The summed E-state index contributed by atoms with van der Waals surface area (Å²) < 4.78 is 27.6. The Morgan fingerprint density at radius 1 is 1.40 bits per heavy atom. The van der Waals surface area contributed by atoms with E-state index in [9.17, 15) is 8.42 Å². The van der Waals surface area contributed by atoms with E-state index >= 15 is 0 Å². The molecule has 106 valence electrons. The summed E-state index contributed by atoms with van der Waals surface area (Å²) in [7, 11) is -3.58. The number of aryl methyl sites for hydroxylation is 1. The highest BCUT2D eigenvalue weighted by molar-refractivity contribution is 9.09. The molecule has 0 amide bonds. The molecule has 1 aromatic carbocycles. The normalized spacial score (nSPS) is 21.9. The van der Waals surface area contributed by atoms with Crippen LogP contribution in [0.1, 0.15) is 22.9 Å². The lowest BCUT2D eigenvalue weighted by atomic mass is 10.1. The van der Waals surface area contributed by atoms with Crippen molar-refractivity contribution in [2.24, 2.45) is 0 Å². The Hall–Kier alpha value is -1.18. The van der Waals surface area contributed by atoms with Crippen LogP contribution in [0.5, 0.6) is 0 Å². The molecule has 2 aromatic rings. The molecule has 2 N–H and O–H groups in total. The minimum atomic E-state index is -3.58. The lowest BCUT2D eigenvalue weighted by Gasteiger charge is -2.17. The highest BCUT2D eigenvalue weighted by Gasteiger charge is 2.34. The fraction of sp³-hybridized carbons (Fsp3) is 0.308. The average Bonchev–Trinajstić information content (AvgIpc) is 2.95. The first-order valence-corrected chi connectivity index (χ1v) is 8.63. The van der Waals surface area contributed by atoms with Gasteiger partial charge in [-0.2, -0.15) is 5.10 Å². The minimum Gasteiger partial charge on any atom is -0.281 e. The number of nitrogens with one attached hydrogen (secondary N) is 2. The summed E-state index contributed by atoms with van der Waals surface area (Å²) in [5.74, 6) is 0. The number of rotatable bonds is 3. The number of halogens is 1. The SMILES string of the molecule is Cc1[nH]ncc1S(=O)(=O)NC1c2ccccc2CC1Br. The summed E-state index contributed by atoms with van der Waals surface area (Å²) in [6, 6.07) is 7.63. The highest BCUT2D eigenvalue weighted by Crippen LogP contribution is 2.36. The first kappa shape index (κ1) is 13.8. The Morgan fingerprint density at radius 2 is 2.15 bits per heavy atom. The molecule has 3 rings (SSSR count). The third-order valence-electron chi connectivity index (χ3n) is 3.52. The smallest absolute Gasteiger partial charge is 0.244 e. The molecule has 0 aliphatic heterocycles. The number of aromatic amines is 1. The van der Waals surface area contributed by atoms with Gasteiger partial charge < -0.3 is 0 Å². The van der Waals surface area contributed by atoms with E-state index in [-0.39, 0.29) is 15.8 Å². The van der Waals surface area contributed by atoms with Crippen molar-refractivity contribution in [2.45, 2.75) is 29.1 Å². The number of aromatic nitrogens is 2. The van der Waals surface area contributed by atoms with E-state index in [4.69, 9.17) is 0 Å². The van der Waals surface area contributed by atoms with Crippen LogP contribution in [0.2, 0.25) is 0 Å². The standard InChI is InChI=1S/C13H14BrN3O2S/c1-8-12(7-15-16-8)20(18,19)17-13-10-5-3-2-4-9(10)6-11(13)14/h2-5,7,11,13,17H,6H2,1H3,(H,15,16). The highest BCUT2D eigenvalue weighted by atomic mass is 79.9. The second kappa shape index (κ2) is 4.98. The number of alkyl halides is 1. The molecule has 0 fully saturated rings. The monoisotopic (exact) mass is 355 g/mol. The zero-order chi connectivity index (χ0) is 14.3. The van der Waals surface area contributed by atoms with E-state index < -0.39 is 10.0 Å². The van der Waals surface area contributed by atoms with Crippen LogP contribution in [-0.4, -0.2) is 23.4 Å². The van der Waals surface area contributed by atoms with Gasteiger partial charge in [0.2, 0.25) is 10.0 Å². The predicted octanol–water partition coefficient (Wildman–Crippen LogP) is 2.06. The molecule has 2 unspecified atom stereocenters. The van der Waals surface area contributed by atoms with Crippen molar-refractivity contribution in [3.8, 4) is 0 Å². The molecule has 1 aliphatic rings.